The van der Waals surface area contributed by atoms with Crippen LogP contribution in [-0.4, -0.2) is 34.8 Å². The van der Waals surface area contributed by atoms with E-state index in [4.69, 9.17) is 4.74 Å². The predicted octanol–water partition coefficient (Wildman–Crippen LogP) is 5.50. The molecule has 1 atom stereocenters. The van der Waals surface area contributed by atoms with Gasteiger partial charge >= 0.3 is 5.97 Å². The molecule has 1 N–H and O–H groups in total. The van der Waals surface area contributed by atoms with Gasteiger partial charge in [0, 0.05) is 41.7 Å². The normalized spacial score (nSPS) is 17.0. The molecule has 0 radical (unpaired) electrons. The van der Waals surface area contributed by atoms with Crippen LogP contribution in [0.3, 0.4) is 0 Å². The van der Waals surface area contributed by atoms with Crippen molar-refractivity contribution in [2.75, 3.05) is 18.0 Å². The van der Waals surface area contributed by atoms with Crippen molar-refractivity contribution in [2.24, 2.45) is 5.41 Å². The molecule has 0 aliphatic carbocycles. The Morgan fingerprint density at radius 1 is 1.22 bits per heavy atom. The molecule has 0 saturated carbocycles. The average molecular weight is 436 g/mol. The van der Waals surface area contributed by atoms with Crippen LogP contribution in [0.4, 0.5) is 5.69 Å². The number of nitrogens with zero attached hydrogens (tertiary/aromatic N) is 3. The minimum Gasteiger partial charge on any atom is -0.479 e. The van der Waals surface area contributed by atoms with Crippen molar-refractivity contribution in [1.82, 2.24) is 4.98 Å². The van der Waals surface area contributed by atoms with Gasteiger partial charge in [0.2, 0.25) is 0 Å². The van der Waals surface area contributed by atoms with E-state index in [2.05, 4.69) is 29.8 Å². The SMILES string of the molecule is Cc1ncc(-c2ccccc2C#N)c(N2CCC(C)(C)CC2)c1[C@H](OC(C)(C)C)C(=O)O. The molecule has 1 aliphatic rings. The van der Waals surface area contributed by atoms with Crippen LogP contribution < -0.4 is 4.90 Å². The minimum atomic E-state index is -1.17. The Bertz CT molecular complexity index is 1040. The fraction of sp³-hybridized carbons (Fsp3) is 0.500. The number of rotatable bonds is 5. The molecule has 1 aromatic carbocycles. The number of aliphatic carboxylic acids is 1. The van der Waals surface area contributed by atoms with Crippen molar-refractivity contribution in [3.63, 3.8) is 0 Å². The Morgan fingerprint density at radius 3 is 2.41 bits per heavy atom. The number of carboxylic acid groups (broad SMARTS) is 1. The summed E-state index contributed by atoms with van der Waals surface area (Å²) in [4.78, 5) is 19.2. The molecule has 0 unspecified atom stereocenters. The molecule has 1 aromatic heterocycles. The second kappa shape index (κ2) is 8.91. The van der Waals surface area contributed by atoms with E-state index in [9.17, 15) is 15.2 Å². The Labute approximate surface area is 190 Å². The number of piperidine rings is 1. The molecule has 1 saturated heterocycles. The highest BCUT2D eigenvalue weighted by Gasteiger charge is 2.36. The second-order valence-electron chi connectivity index (χ2n) is 10.3. The summed E-state index contributed by atoms with van der Waals surface area (Å²) in [6.07, 6.45) is 2.58. The van der Waals surface area contributed by atoms with Crippen LogP contribution in [-0.2, 0) is 9.53 Å². The van der Waals surface area contributed by atoms with Gasteiger partial charge in [0.25, 0.3) is 0 Å². The summed E-state index contributed by atoms with van der Waals surface area (Å²) in [5.41, 5.74) is 3.64. The summed E-state index contributed by atoms with van der Waals surface area (Å²) in [5.74, 6) is -1.05. The molecule has 0 bridgehead atoms. The molecule has 1 fully saturated rings. The first-order valence-corrected chi connectivity index (χ1v) is 11.1. The topological polar surface area (TPSA) is 86.5 Å². The van der Waals surface area contributed by atoms with Gasteiger partial charge in [-0.1, -0.05) is 32.0 Å². The molecule has 6 nitrogen and oxygen atoms in total. The number of ether oxygens (including phenoxy) is 1. The lowest BCUT2D eigenvalue weighted by Crippen LogP contribution is -2.39. The highest BCUT2D eigenvalue weighted by atomic mass is 16.5. The molecule has 6 heteroatoms. The maximum Gasteiger partial charge on any atom is 0.337 e. The maximum absolute atomic E-state index is 12.4. The zero-order valence-electron chi connectivity index (χ0n) is 19.9. The molecule has 0 amide bonds. The lowest BCUT2D eigenvalue weighted by Gasteiger charge is -2.41. The molecule has 0 spiro atoms. The van der Waals surface area contributed by atoms with Gasteiger partial charge in [0.15, 0.2) is 6.10 Å². The summed E-state index contributed by atoms with van der Waals surface area (Å²) < 4.78 is 6.05. The number of nitriles is 1. The largest absolute Gasteiger partial charge is 0.479 e. The van der Waals surface area contributed by atoms with E-state index < -0.39 is 17.7 Å². The van der Waals surface area contributed by atoms with Crippen molar-refractivity contribution in [1.29, 1.82) is 5.26 Å². The third kappa shape index (κ3) is 5.11. The van der Waals surface area contributed by atoms with E-state index in [0.717, 1.165) is 42.7 Å². The minimum absolute atomic E-state index is 0.234. The van der Waals surface area contributed by atoms with Crippen molar-refractivity contribution in [3.8, 4) is 17.2 Å². The van der Waals surface area contributed by atoms with E-state index in [-0.39, 0.29) is 5.41 Å². The molecule has 2 aromatic rings. The van der Waals surface area contributed by atoms with Crippen LogP contribution in [0.1, 0.15) is 70.4 Å². The van der Waals surface area contributed by atoms with Crippen molar-refractivity contribution >= 4 is 11.7 Å². The van der Waals surface area contributed by atoms with Gasteiger partial charge in [-0.05, 0) is 52.0 Å². The summed E-state index contributed by atoms with van der Waals surface area (Å²) in [6, 6.07) is 9.66. The Kier molecular flexibility index (Phi) is 6.61. The number of carbonyl (C=O) groups is 1. The lowest BCUT2D eigenvalue weighted by atomic mass is 9.82. The molecular weight excluding hydrogens is 402 g/mol. The number of benzene rings is 1. The fourth-order valence-electron chi connectivity index (χ4n) is 4.20. The van der Waals surface area contributed by atoms with Crippen molar-refractivity contribution in [3.05, 3.63) is 47.3 Å². The summed E-state index contributed by atoms with van der Waals surface area (Å²) in [7, 11) is 0. The van der Waals surface area contributed by atoms with Gasteiger partial charge in [0.1, 0.15) is 0 Å². The monoisotopic (exact) mass is 435 g/mol. The second-order valence-corrected chi connectivity index (χ2v) is 10.3. The van der Waals surface area contributed by atoms with Gasteiger partial charge in [-0.25, -0.2) is 4.79 Å². The third-order valence-electron chi connectivity index (χ3n) is 6.02. The highest BCUT2D eigenvalue weighted by molar-refractivity contribution is 5.88. The standard InChI is InChI=1S/C26H33N3O3/c1-17-21(23(24(30)31)32-25(2,3)4)22(29-13-11-26(5,6)12-14-29)20(16-28-17)19-10-8-7-9-18(19)15-27/h7-10,16,23H,11-14H2,1-6H3,(H,30,31)/t23-/m0/s1. The zero-order chi connectivity index (χ0) is 23.7. The number of hydrogen-bond acceptors (Lipinski definition) is 5. The van der Waals surface area contributed by atoms with Gasteiger partial charge < -0.3 is 14.7 Å². The van der Waals surface area contributed by atoms with Crippen LogP contribution >= 0.6 is 0 Å². The molecular formula is C26H33N3O3. The first-order chi connectivity index (χ1) is 14.9. The van der Waals surface area contributed by atoms with Crippen molar-refractivity contribution in [2.45, 2.75) is 66.1 Å². The predicted molar refractivity (Wildman–Crippen MR) is 126 cm³/mol. The number of aryl methyl sites for hydroxylation is 1. The van der Waals surface area contributed by atoms with Crippen LogP contribution in [0, 0.1) is 23.7 Å². The number of hydrogen-bond donors (Lipinski definition) is 1. The number of carboxylic acids is 1. The van der Waals surface area contributed by atoms with E-state index in [1.54, 1.807) is 12.3 Å². The number of anilines is 1. The van der Waals surface area contributed by atoms with E-state index in [0.29, 0.717) is 16.8 Å². The summed E-state index contributed by atoms with van der Waals surface area (Å²) in [5, 5.41) is 19.9. The molecule has 2 heterocycles. The van der Waals surface area contributed by atoms with Crippen molar-refractivity contribution < 1.29 is 14.6 Å². The number of aromatic nitrogens is 1. The highest BCUT2D eigenvalue weighted by Crippen LogP contribution is 2.43. The Hall–Kier alpha value is -2.91. The van der Waals surface area contributed by atoms with E-state index >= 15 is 0 Å². The smallest absolute Gasteiger partial charge is 0.337 e. The first-order valence-electron chi connectivity index (χ1n) is 11.1. The number of pyridine rings is 1. The van der Waals surface area contributed by atoms with Gasteiger partial charge in [-0.2, -0.15) is 5.26 Å². The van der Waals surface area contributed by atoms with Crippen LogP contribution in [0.15, 0.2) is 30.5 Å². The van der Waals surface area contributed by atoms with E-state index in [1.807, 2.05) is 45.9 Å². The first kappa shape index (κ1) is 23.7. The summed E-state index contributed by atoms with van der Waals surface area (Å²) >= 11 is 0. The fourth-order valence-corrected chi connectivity index (χ4v) is 4.20. The third-order valence-corrected chi connectivity index (χ3v) is 6.02. The van der Waals surface area contributed by atoms with Crippen LogP contribution in [0.5, 0.6) is 0 Å². The van der Waals surface area contributed by atoms with Gasteiger partial charge in [-0.15, -0.1) is 0 Å². The van der Waals surface area contributed by atoms with Crippen LogP contribution in [0.2, 0.25) is 0 Å². The van der Waals surface area contributed by atoms with Crippen LogP contribution in [0.25, 0.3) is 11.1 Å². The van der Waals surface area contributed by atoms with Gasteiger partial charge in [0.05, 0.1) is 22.9 Å². The quantitative estimate of drug-likeness (QED) is 0.668. The Morgan fingerprint density at radius 2 is 1.84 bits per heavy atom. The summed E-state index contributed by atoms with van der Waals surface area (Å²) in [6.45, 7) is 13.5. The van der Waals surface area contributed by atoms with Gasteiger partial charge in [-0.3, -0.25) is 4.98 Å². The maximum atomic E-state index is 12.4. The van der Waals surface area contributed by atoms with E-state index in [1.165, 1.54) is 0 Å². The Balaban J connectivity index is 2.29. The molecule has 32 heavy (non-hydrogen) atoms. The average Bonchev–Trinajstić information content (AvgIpc) is 2.71. The molecule has 3 rings (SSSR count). The molecule has 1 aliphatic heterocycles. The zero-order valence-corrected chi connectivity index (χ0v) is 19.9. The lowest BCUT2D eigenvalue weighted by molar-refractivity contribution is -0.160. The molecule has 170 valence electrons.